The van der Waals surface area contributed by atoms with Crippen LogP contribution >= 0.6 is 11.6 Å². The number of anilines is 1. The Kier molecular flexibility index (Phi) is 4.53. The number of amides is 1. The first kappa shape index (κ1) is 15.4. The fourth-order valence-electron chi connectivity index (χ4n) is 1.81. The van der Waals surface area contributed by atoms with Crippen molar-refractivity contribution in [2.45, 2.75) is 11.6 Å². The van der Waals surface area contributed by atoms with Crippen LogP contribution in [0, 0.1) is 0 Å². The molecule has 0 fully saturated rings. The first-order chi connectivity index (χ1) is 9.89. The highest BCUT2D eigenvalue weighted by molar-refractivity contribution is 6.32. The summed E-state index contributed by atoms with van der Waals surface area (Å²) in [6.07, 6.45) is -4.54. The lowest BCUT2D eigenvalue weighted by molar-refractivity contribution is -0.137. The maximum Gasteiger partial charge on any atom is 0.418 e. The van der Waals surface area contributed by atoms with Gasteiger partial charge in [-0.25, -0.2) is 0 Å². The SMILES string of the molecule is O=C(Nc1ccccc1C(F)(F)F)[C@@H](Cl)c1ccccc1. The van der Waals surface area contributed by atoms with Gasteiger partial charge in [0.2, 0.25) is 5.91 Å². The van der Waals surface area contributed by atoms with Crippen molar-refractivity contribution in [2.24, 2.45) is 0 Å². The van der Waals surface area contributed by atoms with Crippen LogP contribution in [-0.2, 0) is 11.0 Å². The van der Waals surface area contributed by atoms with Crippen LogP contribution in [0.1, 0.15) is 16.5 Å². The number of carbonyl (C=O) groups excluding carboxylic acids is 1. The van der Waals surface area contributed by atoms with Crippen LogP contribution in [0.15, 0.2) is 54.6 Å². The summed E-state index contributed by atoms with van der Waals surface area (Å²) in [4.78, 5) is 12.0. The summed E-state index contributed by atoms with van der Waals surface area (Å²) in [5, 5.41) is 1.16. The maximum atomic E-state index is 12.8. The molecule has 2 nitrogen and oxygen atoms in total. The van der Waals surface area contributed by atoms with E-state index in [1.54, 1.807) is 30.3 Å². The second-order valence-electron chi connectivity index (χ2n) is 4.31. The zero-order valence-corrected chi connectivity index (χ0v) is 11.4. The van der Waals surface area contributed by atoms with Crippen molar-refractivity contribution in [3.05, 3.63) is 65.7 Å². The van der Waals surface area contributed by atoms with Gasteiger partial charge >= 0.3 is 6.18 Å². The molecule has 110 valence electrons. The van der Waals surface area contributed by atoms with Crippen molar-refractivity contribution in [3.63, 3.8) is 0 Å². The molecule has 0 aliphatic heterocycles. The van der Waals surface area contributed by atoms with Crippen LogP contribution in [-0.4, -0.2) is 5.91 Å². The Morgan fingerprint density at radius 3 is 2.19 bits per heavy atom. The van der Waals surface area contributed by atoms with Crippen LogP contribution in [0.3, 0.4) is 0 Å². The third-order valence-corrected chi connectivity index (χ3v) is 3.26. The van der Waals surface area contributed by atoms with Crippen LogP contribution in [0.5, 0.6) is 0 Å². The van der Waals surface area contributed by atoms with E-state index in [1.165, 1.54) is 18.2 Å². The van der Waals surface area contributed by atoms with Gasteiger partial charge in [0, 0.05) is 0 Å². The van der Waals surface area contributed by atoms with Crippen molar-refractivity contribution >= 4 is 23.2 Å². The second-order valence-corrected chi connectivity index (χ2v) is 4.74. The number of hydrogen-bond acceptors (Lipinski definition) is 1. The lowest BCUT2D eigenvalue weighted by Gasteiger charge is -2.15. The predicted molar refractivity (Wildman–Crippen MR) is 75.1 cm³/mol. The van der Waals surface area contributed by atoms with Gasteiger partial charge in [-0.1, -0.05) is 42.5 Å². The van der Waals surface area contributed by atoms with Crippen molar-refractivity contribution in [2.75, 3.05) is 5.32 Å². The van der Waals surface area contributed by atoms with Gasteiger partial charge in [0.15, 0.2) is 0 Å². The largest absolute Gasteiger partial charge is 0.418 e. The number of benzene rings is 2. The van der Waals surface area contributed by atoms with E-state index in [-0.39, 0.29) is 5.69 Å². The first-order valence-corrected chi connectivity index (χ1v) is 6.49. The molecule has 1 amide bonds. The highest BCUT2D eigenvalue weighted by Gasteiger charge is 2.34. The van der Waals surface area contributed by atoms with Crippen LogP contribution in [0.25, 0.3) is 0 Å². The Hall–Kier alpha value is -2.01. The average molecular weight is 314 g/mol. The fraction of sp³-hybridized carbons (Fsp3) is 0.133. The van der Waals surface area contributed by atoms with Gasteiger partial charge in [-0.3, -0.25) is 4.79 Å². The Balaban J connectivity index is 2.21. The van der Waals surface area contributed by atoms with E-state index in [9.17, 15) is 18.0 Å². The molecule has 0 heterocycles. The summed E-state index contributed by atoms with van der Waals surface area (Å²) in [5.74, 6) is -0.709. The fourth-order valence-corrected chi connectivity index (χ4v) is 2.01. The molecule has 2 aromatic carbocycles. The summed E-state index contributed by atoms with van der Waals surface area (Å²) in [7, 11) is 0. The van der Waals surface area contributed by atoms with Crippen LogP contribution in [0.2, 0.25) is 0 Å². The monoisotopic (exact) mass is 313 g/mol. The Morgan fingerprint density at radius 1 is 1.00 bits per heavy atom. The first-order valence-electron chi connectivity index (χ1n) is 6.05. The van der Waals surface area contributed by atoms with Crippen LogP contribution in [0.4, 0.5) is 18.9 Å². The van der Waals surface area contributed by atoms with E-state index in [0.29, 0.717) is 5.56 Å². The average Bonchev–Trinajstić information content (AvgIpc) is 2.47. The molecular formula is C15H11ClF3NO. The summed E-state index contributed by atoms with van der Waals surface area (Å²) in [6, 6.07) is 13.2. The number of halogens is 4. The molecule has 0 saturated carbocycles. The molecule has 0 bridgehead atoms. The Morgan fingerprint density at radius 2 is 1.57 bits per heavy atom. The topological polar surface area (TPSA) is 29.1 Å². The zero-order chi connectivity index (χ0) is 15.5. The molecule has 0 saturated heterocycles. The zero-order valence-electron chi connectivity index (χ0n) is 10.7. The van der Waals surface area contributed by atoms with Crippen LogP contribution < -0.4 is 5.32 Å². The number of hydrogen-bond donors (Lipinski definition) is 1. The van der Waals surface area contributed by atoms with E-state index in [2.05, 4.69) is 5.32 Å². The van der Waals surface area contributed by atoms with E-state index in [4.69, 9.17) is 11.6 Å². The molecule has 0 aromatic heterocycles. The van der Waals surface area contributed by atoms with E-state index < -0.39 is 23.0 Å². The van der Waals surface area contributed by atoms with Crippen molar-refractivity contribution in [1.82, 2.24) is 0 Å². The quantitative estimate of drug-likeness (QED) is 0.823. The minimum atomic E-state index is -4.54. The second kappa shape index (κ2) is 6.18. The lowest BCUT2D eigenvalue weighted by atomic mass is 10.1. The molecular weight excluding hydrogens is 303 g/mol. The van der Waals surface area contributed by atoms with Gasteiger partial charge in [0.1, 0.15) is 5.38 Å². The predicted octanol–water partition coefficient (Wildman–Crippen LogP) is 4.62. The normalized spacial score (nSPS) is 12.8. The summed E-state index contributed by atoms with van der Waals surface area (Å²) in [5.41, 5.74) is -0.701. The van der Waals surface area contributed by atoms with Gasteiger partial charge < -0.3 is 5.32 Å². The Labute approximate surface area is 124 Å². The third kappa shape index (κ3) is 3.76. The molecule has 21 heavy (non-hydrogen) atoms. The van der Waals surface area contributed by atoms with Gasteiger partial charge in [0.25, 0.3) is 0 Å². The molecule has 0 radical (unpaired) electrons. The minimum absolute atomic E-state index is 0.309. The summed E-state index contributed by atoms with van der Waals surface area (Å²) < 4.78 is 38.5. The molecule has 1 N–H and O–H groups in total. The van der Waals surface area contributed by atoms with Gasteiger partial charge in [-0.15, -0.1) is 11.6 Å². The Bertz CT molecular complexity index is 628. The number of alkyl halides is 4. The molecule has 6 heteroatoms. The highest BCUT2D eigenvalue weighted by Crippen LogP contribution is 2.35. The molecule has 0 aliphatic carbocycles. The van der Waals surface area contributed by atoms with Crippen molar-refractivity contribution in [1.29, 1.82) is 0 Å². The molecule has 2 rings (SSSR count). The van der Waals surface area contributed by atoms with E-state index in [1.807, 2.05) is 0 Å². The van der Waals surface area contributed by atoms with Gasteiger partial charge in [-0.05, 0) is 17.7 Å². The number of nitrogens with one attached hydrogen (secondary N) is 1. The molecule has 2 aromatic rings. The molecule has 0 spiro atoms. The maximum absolute atomic E-state index is 12.8. The lowest BCUT2D eigenvalue weighted by Crippen LogP contribution is -2.20. The van der Waals surface area contributed by atoms with Gasteiger partial charge in [0.05, 0.1) is 11.3 Å². The van der Waals surface area contributed by atoms with Crippen molar-refractivity contribution < 1.29 is 18.0 Å². The van der Waals surface area contributed by atoms with E-state index in [0.717, 1.165) is 6.07 Å². The molecule has 1 atom stereocenters. The van der Waals surface area contributed by atoms with Crippen molar-refractivity contribution in [3.8, 4) is 0 Å². The molecule has 0 unspecified atom stereocenters. The third-order valence-electron chi connectivity index (χ3n) is 2.81. The number of rotatable bonds is 3. The highest BCUT2D eigenvalue weighted by atomic mass is 35.5. The van der Waals surface area contributed by atoms with Gasteiger partial charge in [-0.2, -0.15) is 13.2 Å². The summed E-state index contributed by atoms with van der Waals surface area (Å²) in [6.45, 7) is 0. The number of para-hydroxylation sites is 1. The number of carbonyl (C=O) groups is 1. The summed E-state index contributed by atoms with van der Waals surface area (Å²) >= 11 is 5.98. The smallest absolute Gasteiger partial charge is 0.324 e. The minimum Gasteiger partial charge on any atom is -0.324 e. The standard InChI is InChI=1S/C15H11ClF3NO/c16-13(10-6-2-1-3-7-10)14(21)20-12-9-5-4-8-11(12)15(17,18)19/h1-9,13H,(H,20,21)/t13-/m0/s1. The van der Waals surface area contributed by atoms with E-state index >= 15 is 0 Å². The molecule has 0 aliphatic rings.